The summed E-state index contributed by atoms with van der Waals surface area (Å²) < 4.78 is 7.26. The first-order valence-electron chi connectivity index (χ1n) is 13.2. The van der Waals surface area contributed by atoms with Crippen molar-refractivity contribution in [3.63, 3.8) is 0 Å². The topological polar surface area (TPSA) is 78.7 Å². The molecular weight excluding hydrogens is 474 g/mol. The van der Waals surface area contributed by atoms with Crippen LogP contribution in [0, 0.1) is 11.3 Å². The Morgan fingerprint density at radius 2 is 1.97 bits per heavy atom. The molecule has 7 heteroatoms. The lowest BCUT2D eigenvalue weighted by atomic mass is 9.54. The molecule has 3 heterocycles. The maximum absolute atomic E-state index is 11.2. The van der Waals surface area contributed by atoms with Crippen molar-refractivity contribution >= 4 is 28.1 Å². The molecule has 0 amide bonds. The van der Waals surface area contributed by atoms with E-state index in [4.69, 9.17) is 16.3 Å². The number of rotatable bonds is 2. The van der Waals surface area contributed by atoms with Crippen LogP contribution >= 0.6 is 11.6 Å². The van der Waals surface area contributed by atoms with E-state index in [0.717, 1.165) is 48.6 Å². The van der Waals surface area contributed by atoms with Gasteiger partial charge in [-0.1, -0.05) is 25.1 Å². The molecule has 2 aromatic rings. The van der Waals surface area contributed by atoms with Crippen molar-refractivity contribution in [3.8, 4) is 0 Å². The van der Waals surface area contributed by atoms with Gasteiger partial charge in [-0.05, 0) is 86.9 Å². The number of fused-ring (bicyclic) bond motifs is 2. The number of ether oxygens (including phenoxy) is 1. The largest absolute Gasteiger partial charge is 0.388 e. The van der Waals surface area contributed by atoms with Crippen LogP contribution in [-0.2, 0) is 4.74 Å². The van der Waals surface area contributed by atoms with E-state index in [1.54, 1.807) is 6.33 Å². The smallest absolute Gasteiger partial charge is 0.116 e. The highest BCUT2D eigenvalue weighted by atomic mass is 35.5. The van der Waals surface area contributed by atoms with E-state index in [0.29, 0.717) is 6.42 Å². The molecule has 8 atom stereocenters. The van der Waals surface area contributed by atoms with Gasteiger partial charge in [-0.15, -0.1) is 11.6 Å². The zero-order valence-electron chi connectivity index (χ0n) is 21.1. The Balaban J connectivity index is 1.30. The van der Waals surface area contributed by atoms with Gasteiger partial charge in [0.25, 0.3) is 0 Å². The van der Waals surface area contributed by atoms with Gasteiger partial charge in [0.2, 0.25) is 0 Å². The molecule has 36 heavy (non-hydrogen) atoms. The monoisotopic (exact) mass is 507 g/mol. The fourth-order valence-corrected chi connectivity index (χ4v) is 9.06. The molecule has 2 saturated carbocycles. The normalized spacial score (nSPS) is 45.2. The van der Waals surface area contributed by atoms with E-state index in [1.807, 2.05) is 25.2 Å². The molecule has 8 unspecified atom stereocenters. The number of allylic oxidation sites excluding steroid dienone is 2. The number of halogens is 1. The Hall–Kier alpha value is -1.83. The highest BCUT2D eigenvalue weighted by Crippen LogP contribution is 2.71. The lowest BCUT2D eigenvalue weighted by Crippen LogP contribution is -2.68. The molecule has 2 bridgehead atoms. The highest BCUT2D eigenvalue weighted by Gasteiger charge is 2.73. The van der Waals surface area contributed by atoms with Crippen molar-refractivity contribution in [2.45, 2.75) is 79.8 Å². The minimum absolute atomic E-state index is 0.0632. The van der Waals surface area contributed by atoms with Crippen LogP contribution in [0.2, 0.25) is 0 Å². The van der Waals surface area contributed by atoms with Crippen LogP contribution in [0.4, 0.5) is 0 Å². The van der Waals surface area contributed by atoms with Crippen molar-refractivity contribution in [1.29, 1.82) is 0 Å². The van der Waals surface area contributed by atoms with E-state index in [9.17, 15) is 10.2 Å². The van der Waals surface area contributed by atoms with Gasteiger partial charge >= 0.3 is 0 Å². The third-order valence-corrected chi connectivity index (χ3v) is 11.1. The lowest BCUT2D eigenvalue weighted by Gasteiger charge is -2.61. The molecule has 190 valence electrons. The van der Waals surface area contributed by atoms with E-state index in [-0.39, 0.29) is 17.4 Å². The van der Waals surface area contributed by atoms with Gasteiger partial charge in [-0.2, -0.15) is 0 Å². The SMILES string of the molecule is CN(C)C1CC23CCC4(O2)C2CC=C(c5ccc6ncncc6c5)C2(C)CCC4(Cl)C=C3C(O)C1O. The standard InChI is InChI=1S/C29H34ClN3O3/c1-26-8-10-28(30)13-20-24(34)25(35)22(33(2)3)14-27(20)9-11-29(28,36-27)23(26)7-5-19(26)17-4-6-21-18(12-17)15-31-16-32-21/h4-6,12-13,15-16,22-25,34-35H,7-11,14H2,1-3H3. The number of aliphatic hydroxyl groups is 2. The van der Waals surface area contributed by atoms with E-state index in [2.05, 4.69) is 47.2 Å². The third kappa shape index (κ3) is 2.77. The van der Waals surface area contributed by atoms with Gasteiger partial charge in [0.1, 0.15) is 12.4 Å². The molecule has 1 saturated heterocycles. The Morgan fingerprint density at radius 1 is 1.14 bits per heavy atom. The maximum Gasteiger partial charge on any atom is 0.116 e. The number of likely N-dealkylation sites (N-methyl/N-ethyl adjacent to an activating group) is 1. The van der Waals surface area contributed by atoms with Crippen molar-refractivity contribution in [2.75, 3.05) is 14.1 Å². The highest BCUT2D eigenvalue weighted by molar-refractivity contribution is 6.26. The molecule has 2 aliphatic heterocycles. The molecule has 2 N–H and O–H groups in total. The zero-order valence-corrected chi connectivity index (χ0v) is 21.9. The number of hydrogen-bond acceptors (Lipinski definition) is 6. The van der Waals surface area contributed by atoms with Crippen molar-refractivity contribution in [2.24, 2.45) is 11.3 Å². The van der Waals surface area contributed by atoms with E-state index >= 15 is 0 Å². The Morgan fingerprint density at radius 3 is 2.78 bits per heavy atom. The molecule has 3 aliphatic carbocycles. The molecule has 6 nitrogen and oxygen atoms in total. The summed E-state index contributed by atoms with van der Waals surface area (Å²) >= 11 is 7.55. The second kappa shape index (κ2) is 7.39. The minimum Gasteiger partial charge on any atom is -0.388 e. The van der Waals surface area contributed by atoms with Crippen LogP contribution in [0.25, 0.3) is 16.5 Å². The molecule has 1 aromatic carbocycles. The summed E-state index contributed by atoms with van der Waals surface area (Å²) in [6.07, 6.45) is 11.2. The lowest BCUT2D eigenvalue weighted by molar-refractivity contribution is -0.199. The average Bonchev–Trinajstić information content (AvgIpc) is 3.39. The molecule has 2 spiro atoms. The van der Waals surface area contributed by atoms with Gasteiger partial charge in [-0.25, -0.2) is 9.97 Å². The zero-order chi connectivity index (χ0) is 25.1. The Kier molecular flexibility index (Phi) is 4.78. The first-order valence-corrected chi connectivity index (χ1v) is 13.6. The third-order valence-electron chi connectivity index (χ3n) is 10.5. The summed E-state index contributed by atoms with van der Waals surface area (Å²) in [6.45, 7) is 2.39. The van der Waals surface area contributed by atoms with Gasteiger partial charge in [0.15, 0.2) is 0 Å². The van der Waals surface area contributed by atoms with Crippen molar-refractivity contribution in [3.05, 3.63) is 54.0 Å². The fourth-order valence-electron chi connectivity index (χ4n) is 8.58. The molecular formula is C29H34ClN3O3. The number of aliphatic hydroxyl groups excluding tert-OH is 2. The summed E-state index contributed by atoms with van der Waals surface area (Å²) in [5, 5.41) is 23.2. The number of hydrogen-bond donors (Lipinski definition) is 2. The first kappa shape index (κ1) is 23.3. The van der Waals surface area contributed by atoms with Gasteiger partial charge in [0.05, 0.1) is 27.7 Å². The molecule has 5 aliphatic rings. The van der Waals surface area contributed by atoms with Gasteiger partial charge < -0.3 is 19.8 Å². The number of nitrogens with zero attached hydrogens (tertiary/aromatic N) is 3. The summed E-state index contributed by atoms with van der Waals surface area (Å²) in [7, 11) is 3.93. The summed E-state index contributed by atoms with van der Waals surface area (Å²) in [6, 6.07) is 6.32. The summed E-state index contributed by atoms with van der Waals surface area (Å²) in [5.74, 6) is 0.243. The summed E-state index contributed by atoms with van der Waals surface area (Å²) in [4.78, 5) is 9.95. The predicted octanol–water partition coefficient (Wildman–Crippen LogP) is 4.09. The van der Waals surface area contributed by atoms with Crippen LogP contribution in [0.15, 0.2) is 48.4 Å². The Labute approximate surface area is 217 Å². The van der Waals surface area contributed by atoms with Gasteiger partial charge in [0, 0.05) is 23.5 Å². The van der Waals surface area contributed by atoms with Crippen LogP contribution in [0.5, 0.6) is 0 Å². The molecule has 7 rings (SSSR count). The van der Waals surface area contributed by atoms with Crippen LogP contribution in [0.3, 0.4) is 0 Å². The second-order valence-corrected chi connectivity index (χ2v) is 12.9. The second-order valence-electron chi connectivity index (χ2n) is 12.2. The number of aromatic nitrogens is 2. The number of alkyl halides is 1. The van der Waals surface area contributed by atoms with E-state index in [1.165, 1.54) is 11.1 Å². The van der Waals surface area contributed by atoms with Crippen LogP contribution < -0.4 is 0 Å². The van der Waals surface area contributed by atoms with Crippen molar-refractivity contribution < 1.29 is 14.9 Å². The van der Waals surface area contributed by atoms with Crippen LogP contribution in [0.1, 0.15) is 51.0 Å². The quantitative estimate of drug-likeness (QED) is 0.471. The number of benzene rings is 1. The molecule has 1 aromatic heterocycles. The fraction of sp³-hybridized carbons (Fsp3) is 0.586. The maximum atomic E-state index is 11.2. The van der Waals surface area contributed by atoms with Crippen molar-refractivity contribution in [1.82, 2.24) is 14.9 Å². The Bertz CT molecular complexity index is 1330. The summed E-state index contributed by atoms with van der Waals surface area (Å²) in [5.41, 5.74) is 3.23. The molecule has 0 radical (unpaired) electrons. The van der Waals surface area contributed by atoms with E-state index < -0.39 is 28.3 Å². The predicted molar refractivity (Wildman–Crippen MR) is 140 cm³/mol. The van der Waals surface area contributed by atoms with Crippen LogP contribution in [-0.4, -0.2) is 73.5 Å². The van der Waals surface area contributed by atoms with Gasteiger partial charge in [-0.3, -0.25) is 0 Å². The molecule has 3 fully saturated rings. The first-order chi connectivity index (χ1) is 17.1. The average molecular weight is 508 g/mol. The minimum atomic E-state index is -0.955.